The SMILES string of the molecule is CCOc1ccc([N+](=O)[O-])cc1C#CCCl. The molecule has 0 saturated carbocycles. The number of halogens is 1. The standard InChI is InChI=1S/C11H10ClNO3/c1-2-16-11-6-5-10(13(14)15)8-9(11)4-3-7-12/h5-6,8H,2,7H2,1H3. The lowest BCUT2D eigenvalue weighted by molar-refractivity contribution is -0.384. The maximum absolute atomic E-state index is 10.6. The van der Waals surface area contributed by atoms with Crippen molar-refractivity contribution in [3.05, 3.63) is 33.9 Å². The molecular weight excluding hydrogens is 230 g/mol. The van der Waals surface area contributed by atoms with Crippen LogP contribution in [0.1, 0.15) is 12.5 Å². The van der Waals surface area contributed by atoms with Crippen LogP contribution in [0.5, 0.6) is 5.75 Å². The van der Waals surface area contributed by atoms with E-state index in [2.05, 4.69) is 11.8 Å². The van der Waals surface area contributed by atoms with E-state index in [1.807, 2.05) is 6.92 Å². The van der Waals surface area contributed by atoms with Crippen molar-refractivity contribution in [2.45, 2.75) is 6.92 Å². The van der Waals surface area contributed by atoms with Gasteiger partial charge in [0.05, 0.1) is 23.0 Å². The molecular formula is C11H10ClNO3. The van der Waals surface area contributed by atoms with Crippen LogP contribution in [0.4, 0.5) is 5.69 Å². The Morgan fingerprint density at radius 3 is 2.88 bits per heavy atom. The summed E-state index contributed by atoms with van der Waals surface area (Å²) in [5.74, 6) is 6.08. The predicted octanol–water partition coefficient (Wildman–Crippen LogP) is 2.58. The zero-order chi connectivity index (χ0) is 12.0. The fourth-order valence-electron chi connectivity index (χ4n) is 1.14. The second kappa shape index (κ2) is 5.99. The molecule has 0 aliphatic rings. The first-order valence-electron chi connectivity index (χ1n) is 4.65. The number of benzene rings is 1. The van der Waals surface area contributed by atoms with E-state index in [-0.39, 0.29) is 11.6 Å². The molecule has 4 nitrogen and oxygen atoms in total. The van der Waals surface area contributed by atoms with Gasteiger partial charge in [-0.15, -0.1) is 11.6 Å². The summed E-state index contributed by atoms with van der Waals surface area (Å²) in [6.45, 7) is 2.31. The molecule has 0 spiro atoms. The predicted molar refractivity (Wildman–Crippen MR) is 61.9 cm³/mol. The highest BCUT2D eigenvalue weighted by molar-refractivity contribution is 6.19. The maximum atomic E-state index is 10.6. The smallest absolute Gasteiger partial charge is 0.270 e. The Morgan fingerprint density at radius 2 is 2.31 bits per heavy atom. The van der Waals surface area contributed by atoms with Crippen LogP contribution in [0.25, 0.3) is 0 Å². The zero-order valence-corrected chi connectivity index (χ0v) is 9.45. The van der Waals surface area contributed by atoms with Crippen molar-refractivity contribution in [1.82, 2.24) is 0 Å². The lowest BCUT2D eigenvalue weighted by Crippen LogP contribution is -1.96. The molecule has 1 aromatic rings. The zero-order valence-electron chi connectivity index (χ0n) is 8.70. The Labute approximate surface area is 98.3 Å². The number of nitro groups is 1. The molecule has 0 N–H and O–H groups in total. The summed E-state index contributed by atoms with van der Waals surface area (Å²) in [6.07, 6.45) is 0. The molecule has 0 aromatic heterocycles. The molecule has 0 saturated heterocycles. The highest BCUT2D eigenvalue weighted by Gasteiger charge is 2.09. The summed E-state index contributed by atoms with van der Waals surface area (Å²) >= 11 is 5.43. The molecule has 5 heteroatoms. The quantitative estimate of drug-likeness (QED) is 0.353. The number of hydrogen-bond donors (Lipinski definition) is 0. The van der Waals surface area contributed by atoms with Gasteiger partial charge < -0.3 is 4.74 Å². The lowest BCUT2D eigenvalue weighted by Gasteiger charge is -2.04. The number of nitro benzene ring substituents is 1. The number of ether oxygens (including phenoxy) is 1. The molecule has 0 amide bonds. The van der Waals surface area contributed by atoms with E-state index in [0.717, 1.165) is 0 Å². The van der Waals surface area contributed by atoms with Gasteiger partial charge >= 0.3 is 0 Å². The van der Waals surface area contributed by atoms with E-state index in [1.165, 1.54) is 12.1 Å². The molecule has 0 heterocycles. The van der Waals surface area contributed by atoms with Gasteiger partial charge in [-0.25, -0.2) is 0 Å². The van der Waals surface area contributed by atoms with E-state index < -0.39 is 4.92 Å². The van der Waals surface area contributed by atoms with Crippen LogP contribution in [0, 0.1) is 22.0 Å². The van der Waals surface area contributed by atoms with Gasteiger partial charge in [-0.1, -0.05) is 11.8 Å². The van der Waals surface area contributed by atoms with Crippen molar-refractivity contribution in [2.24, 2.45) is 0 Å². The Hall–Kier alpha value is -1.73. The third-order valence-corrected chi connectivity index (χ3v) is 1.90. The first-order valence-corrected chi connectivity index (χ1v) is 5.18. The summed E-state index contributed by atoms with van der Waals surface area (Å²) < 4.78 is 5.30. The average molecular weight is 240 g/mol. The van der Waals surface area contributed by atoms with Crippen LogP contribution in [-0.2, 0) is 0 Å². The Morgan fingerprint density at radius 1 is 1.56 bits per heavy atom. The molecule has 1 aromatic carbocycles. The Kier molecular flexibility index (Phi) is 4.62. The van der Waals surface area contributed by atoms with Crippen LogP contribution < -0.4 is 4.74 Å². The Balaban J connectivity index is 3.15. The van der Waals surface area contributed by atoms with Crippen molar-refractivity contribution in [3.8, 4) is 17.6 Å². The lowest BCUT2D eigenvalue weighted by atomic mass is 10.2. The van der Waals surface area contributed by atoms with Crippen molar-refractivity contribution < 1.29 is 9.66 Å². The monoisotopic (exact) mass is 239 g/mol. The van der Waals surface area contributed by atoms with Gasteiger partial charge in [-0.2, -0.15) is 0 Å². The topological polar surface area (TPSA) is 52.4 Å². The molecule has 0 fully saturated rings. The van der Waals surface area contributed by atoms with Crippen molar-refractivity contribution in [3.63, 3.8) is 0 Å². The fourth-order valence-corrected chi connectivity index (χ4v) is 1.21. The molecule has 16 heavy (non-hydrogen) atoms. The largest absolute Gasteiger partial charge is 0.493 e. The average Bonchev–Trinajstić information content (AvgIpc) is 2.27. The molecule has 0 atom stereocenters. The normalized spacial score (nSPS) is 9.12. The molecule has 0 aliphatic carbocycles. The van der Waals surface area contributed by atoms with Crippen LogP contribution in [0.3, 0.4) is 0 Å². The van der Waals surface area contributed by atoms with E-state index in [4.69, 9.17) is 16.3 Å². The minimum absolute atomic E-state index is 0.0117. The van der Waals surface area contributed by atoms with Gasteiger partial charge in [0.1, 0.15) is 5.75 Å². The molecule has 0 unspecified atom stereocenters. The minimum atomic E-state index is -0.471. The summed E-state index contributed by atoms with van der Waals surface area (Å²) in [4.78, 5) is 10.1. The molecule has 0 bridgehead atoms. The number of alkyl halides is 1. The minimum Gasteiger partial charge on any atom is -0.493 e. The van der Waals surface area contributed by atoms with Gasteiger partial charge in [0.15, 0.2) is 0 Å². The van der Waals surface area contributed by atoms with Gasteiger partial charge in [-0.3, -0.25) is 10.1 Å². The first kappa shape index (κ1) is 12.3. The summed E-state index contributed by atoms with van der Waals surface area (Å²) in [6, 6.07) is 4.31. The van der Waals surface area contributed by atoms with Gasteiger partial charge in [0.25, 0.3) is 5.69 Å². The maximum Gasteiger partial charge on any atom is 0.270 e. The van der Waals surface area contributed by atoms with E-state index in [1.54, 1.807) is 6.07 Å². The number of nitrogens with zero attached hydrogens (tertiary/aromatic N) is 1. The first-order chi connectivity index (χ1) is 7.69. The third-order valence-electron chi connectivity index (χ3n) is 1.76. The summed E-state index contributed by atoms with van der Waals surface area (Å²) in [5.41, 5.74) is 0.471. The van der Waals surface area contributed by atoms with Crippen molar-refractivity contribution >= 4 is 17.3 Å². The number of hydrogen-bond acceptors (Lipinski definition) is 3. The van der Waals surface area contributed by atoms with Crippen LogP contribution in [-0.4, -0.2) is 17.4 Å². The van der Waals surface area contributed by atoms with E-state index in [9.17, 15) is 10.1 Å². The van der Waals surface area contributed by atoms with Gasteiger partial charge in [0, 0.05) is 12.1 Å². The molecule has 0 radical (unpaired) electrons. The summed E-state index contributed by atoms with van der Waals surface area (Å²) in [7, 11) is 0. The second-order valence-corrected chi connectivity index (χ2v) is 3.07. The second-order valence-electron chi connectivity index (χ2n) is 2.81. The van der Waals surface area contributed by atoms with Crippen LogP contribution >= 0.6 is 11.6 Å². The van der Waals surface area contributed by atoms with Gasteiger partial charge in [-0.05, 0) is 13.0 Å². The number of rotatable bonds is 3. The molecule has 1 rings (SSSR count). The Bertz CT molecular complexity index is 448. The summed E-state index contributed by atoms with van der Waals surface area (Å²) in [5, 5.41) is 10.6. The number of non-ortho nitro benzene ring substituents is 1. The fraction of sp³-hybridized carbons (Fsp3) is 0.273. The van der Waals surface area contributed by atoms with Crippen LogP contribution in [0.2, 0.25) is 0 Å². The van der Waals surface area contributed by atoms with Crippen molar-refractivity contribution in [1.29, 1.82) is 0 Å². The van der Waals surface area contributed by atoms with Crippen LogP contribution in [0.15, 0.2) is 18.2 Å². The van der Waals surface area contributed by atoms with E-state index >= 15 is 0 Å². The van der Waals surface area contributed by atoms with E-state index in [0.29, 0.717) is 17.9 Å². The van der Waals surface area contributed by atoms with Gasteiger partial charge in [0.2, 0.25) is 0 Å². The molecule has 0 aliphatic heterocycles. The highest BCUT2D eigenvalue weighted by atomic mass is 35.5. The molecule has 84 valence electrons. The third kappa shape index (κ3) is 3.14. The highest BCUT2D eigenvalue weighted by Crippen LogP contribution is 2.23. The van der Waals surface area contributed by atoms with Crippen molar-refractivity contribution in [2.75, 3.05) is 12.5 Å².